The summed E-state index contributed by atoms with van der Waals surface area (Å²) in [6.07, 6.45) is 12.0. The molecule has 0 saturated heterocycles. The van der Waals surface area contributed by atoms with Crippen LogP contribution < -0.4 is 4.74 Å². The maximum absolute atomic E-state index is 11.5. The van der Waals surface area contributed by atoms with Crippen LogP contribution in [0.2, 0.25) is 0 Å². The number of carbonyl (C=O) groups excluding carboxylic acids is 1. The van der Waals surface area contributed by atoms with Crippen LogP contribution in [0.1, 0.15) is 75.3 Å². The van der Waals surface area contributed by atoms with E-state index in [1.54, 1.807) is 0 Å². The van der Waals surface area contributed by atoms with Crippen molar-refractivity contribution in [2.45, 2.75) is 70.8 Å². The van der Waals surface area contributed by atoms with Crippen LogP contribution in [0.3, 0.4) is 0 Å². The van der Waals surface area contributed by atoms with Crippen LogP contribution in [0, 0.1) is 17.8 Å². The van der Waals surface area contributed by atoms with Gasteiger partial charge in [0.25, 0.3) is 0 Å². The van der Waals surface area contributed by atoms with E-state index in [-0.39, 0.29) is 19.8 Å². The highest BCUT2D eigenvalue weighted by Gasteiger charge is 2.30. The topological polar surface area (TPSA) is 55.8 Å². The lowest BCUT2D eigenvalue weighted by Crippen LogP contribution is -2.24. The molecule has 4 nitrogen and oxygen atoms in total. The molecule has 2 fully saturated rings. The Hall–Kier alpha value is -1.81. The van der Waals surface area contributed by atoms with Gasteiger partial charge in [0.1, 0.15) is 19.0 Å². The van der Waals surface area contributed by atoms with Gasteiger partial charge in [0.2, 0.25) is 0 Å². The Morgan fingerprint density at radius 1 is 1.10 bits per heavy atom. The molecule has 0 spiro atoms. The molecule has 0 atom stereocenters. The monoisotopic (exact) mass is 400 g/mol. The third-order valence-corrected chi connectivity index (χ3v) is 6.94. The standard InChI is InChI=1S/C25H36O4/c1-3-25(27)29-17-23-16-22(12-13-24(23)28-15-14-26)21-10-8-20(9-11-21)19-6-4-18(2)5-7-19/h3,12-13,16,18-21,26H,1,4-11,14-15,17H2,2H3. The van der Waals surface area contributed by atoms with Crippen LogP contribution in [-0.4, -0.2) is 24.3 Å². The zero-order chi connectivity index (χ0) is 20.6. The number of rotatable bonds is 8. The zero-order valence-corrected chi connectivity index (χ0v) is 17.8. The van der Waals surface area contributed by atoms with Gasteiger partial charge in [-0.3, -0.25) is 0 Å². The Morgan fingerprint density at radius 3 is 2.38 bits per heavy atom. The minimum absolute atomic E-state index is 0.0441. The van der Waals surface area contributed by atoms with Crippen molar-refractivity contribution in [1.29, 1.82) is 0 Å². The van der Waals surface area contributed by atoms with Crippen molar-refractivity contribution in [3.8, 4) is 5.75 Å². The van der Waals surface area contributed by atoms with Crippen molar-refractivity contribution < 1.29 is 19.4 Å². The minimum atomic E-state index is -0.439. The highest BCUT2D eigenvalue weighted by atomic mass is 16.5. The van der Waals surface area contributed by atoms with Crippen molar-refractivity contribution in [2.75, 3.05) is 13.2 Å². The maximum Gasteiger partial charge on any atom is 0.330 e. The lowest BCUT2D eigenvalue weighted by molar-refractivity contribution is -0.139. The fraction of sp³-hybridized carbons (Fsp3) is 0.640. The molecule has 2 saturated carbocycles. The quantitative estimate of drug-likeness (QED) is 0.470. The van der Waals surface area contributed by atoms with Crippen molar-refractivity contribution >= 4 is 5.97 Å². The summed E-state index contributed by atoms with van der Waals surface area (Å²) >= 11 is 0. The summed E-state index contributed by atoms with van der Waals surface area (Å²) in [4.78, 5) is 11.5. The van der Waals surface area contributed by atoms with E-state index in [1.807, 2.05) is 6.07 Å². The summed E-state index contributed by atoms with van der Waals surface area (Å²) in [5.74, 6) is 3.56. The number of hydrogen-bond acceptors (Lipinski definition) is 4. The lowest BCUT2D eigenvalue weighted by atomic mass is 9.68. The maximum atomic E-state index is 11.5. The van der Waals surface area contributed by atoms with Crippen molar-refractivity contribution in [2.24, 2.45) is 17.8 Å². The summed E-state index contributed by atoms with van der Waals surface area (Å²) in [6, 6.07) is 6.21. The first-order chi connectivity index (χ1) is 14.1. The molecular weight excluding hydrogens is 364 g/mol. The molecule has 3 rings (SSSR count). The van der Waals surface area contributed by atoms with E-state index in [9.17, 15) is 4.79 Å². The van der Waals surface area contributed by atoms with Crippen LogP contribution in [0.15, 0.2) is 30.9 Å². The molecule has 1 aromatic rings. The average Bonchev–Trinajstić information content (AvgIpc) is 2.77. The number of benzene rings is 1. The van der Waals surface area contributed by atoms with E-state index in [1.165, 1.54) is 63.0 Å². The van der Waals surface area contributed by atoms with E-state index in [4.69, 9.17) is 14.6 Å². The van der Waals surface area contributed by atoms with E-state index < -0.39 is 5.97 Å². The molecule has 0 radical (unpaired) electrons. The Balaban J connectivity index is 1.62. The predicted octanol–water partition coefficient (Wildman–Crippen LogP) is 5.39. The fourth-order valence-corrected chi connectivity index (χ4v) is 5.15. The number of hydrogen-bond donors (Lipinski definition) is 1. The normalized spacial score (nSPS) is 27.2. The van der Waals surface area contributed by atoms with Gasteiger partial charge in [-0.05, 0) is 79.9 Å². The molecule has 0 bridgehead atoms. The first-order valence-corrected chi connectivity index (χ1v) is 11.3. The van der Waals surface area contributed by atoms with Gasteiger partial charge >= 0.3 is 5.97 Å². The Labute approximate surface area is 175 Å². The number of ether oxygens (including phenoxy) is 2. The SMILES string of the molecule is C=CC(=O)OCc1cc(C2CCC(C3CCC(C)CC3)CC2)ccc1OCCO. The molecule has 29 heavy (non-hydrogen) atoms. The Kier molecular flexibility index (Phi) is 8.17. The number of esters is 1. The van der Waals surface area contributed by atoms with Gasteiger partial charge < -0.3 is 14.6 Å². The molecule has 1 N–H and O–H groups in total. The molecule has 0 amide bonds. The van der Waals surface area contributed by atoms with Gasteiger partial charge in [0, 0.05) is 11.6 Å². The summed E-state index contributed by atoms with van der Waals surface area (Å²) in [6.45, 7) is 6.19. The molecule has 0 heterocycles. The molecule has 2 aliphatic rings. The molecule has 4 heteroatoms. The minimum Gasteiger partial charge on any atom is -0.491 e. The highest BCUT2D eigenvalue weighted by molar-refractivity contribution is 5.81. The fourth-order valence-electron chi connectivity index (χ4n) is 5.15. The molecule has 1 aromatic carbocycles. The third-order valence-electron chi connectivity index (χ3n) is 6.94. The Bertz CT molecular complexity index is 667. The second-order valence-electron chi connectivity index (χ2n) is 8.88. The van der Waals surface area contributed by atoms with Gasteiger partial charge in [-0.15, -0.1) is 0 Å². The number of carbonyl (C=O) groups is 1. The lowest BCUT2D eigenvalue weighted by Gasteiger charge is -2.37. The van der Waals surface area contributed by atoms with E-state index in [0.29, 0.717) is 11.7 Å². The summed E-state index contributed by atoms with van der Waals surface area (Å²) in [7, 11) is 0. The van der Waals surface area contributed by atoms with E-state index in [2.05, 4.69) is 25.6 Å². The molecule has 0 aromatic heterocycles. The number of aliphatic hydroxyl groups is 1. The second kappa shape index (κ2) is 10.8. The first kappa shape index (κ1) is 21.9. The van der Waals surface area contributed by atoms with Crippen LogP contribution >= 0.6 is 0 Å². The highest BCUT2D eigenvalue weighted by Crippen LogP contribution is 2.44. The van der Waals surface area contributed by atoms with Gasteiger partial charge in [-0.2, -0.15) is 0 Å². The molecule has 0 unspecified atom stereocenters. The summed E-state index contributed by atoms with van der Waals surface area (Å²) in [5, 5.41) is 9.06. The van der Waals surface area contributed by atoms with Gasteiger partial charge in [0.15, 0.2) is 0 Å². The van der Waals surface area contributed by atoms with Crippen LogP contribution in [0.5, 0.6) is 5.75 Å². The summed E-state index contributed by atoms with van der Waals surface area (Å²) in [5.41, 5.74) is 2.16. The predicted molar refractivity (Wildman–Crippen MR) is 115 cm³/mol. The van der Waals surface area contributed by atoms with Crippen LogP contribution in [-0.2, 0) is 16.1 Å². The second-order valence-corrected chi connectivity index (χ2v) is 8.88. The number of aliphatic hydroxyl groups excluding tert-OH is 1. The first-order valence-electron chi connectivity index (χ1n) is 11.3. The van der Waals surface area contributed by atoms with E-state index >= 15 is 0 Å². The van der Waals surface area contributed by atoms with Crippen LogP contribution in [0.25, 0.3) is 0 Å². The van der Waals surface area contributed by atoms with Crippen molar-refractivity contribution in [3.63, 3.8) is 0 Å². The van der Waals surface area contributed by atoms with Gasteiger partial charge in [-0.25, -0.2) is 4.79 Å². The van der Waals surface area contributed by atoms with Crippen molar-refractivity contribution in [3.05, 3.63) is 42.0 Å². The zero-order valence-electron chi connectivity index (χ0n) is 17.8. The van der Waals surface area contributed by atoms with Gasteiger partial charge in [0.05, 0.1) is 6.61 Å². The largest absolute Gasteiger partial charge is 0.491 e. The smallest absolute Gasteiger partial charge is 0.330 e. The molecule has 0 aliphatic heterocycles. The van der Waals surface area contributed by atoms with E-state index in [0.717, 1.165) is 23.3 Å². The van der Waals surface area contributed by atoms with Crippen molar-refractivity contribution in [1.82, 2.24) is 0 Å². The van der Waals surface area contributed by atoms with Gasteiger partial charge in [-0.1, -0.05) is 32.4 Å². The average molecular weight is 401 g/mol. The third kappa shape index (κ3) is 6.08. The molecule has 2 aliphatic carbocycles. The summed E-state index contributed by atoms with van der Waals surface area (Å²) < 4.78 is 10.9. The molecule has 160 valence electrons. The van der Waals surface area contributed by atoms with Crippen LogP contribution in [0.4, 0.5) is 0 Å². The Morgan fingerprint density at radius 2 is 1.76 bits per heavy atom. The molecular formula is C25H36O4.